The monoisotopic (exact) mass is 236 g/mol. The van der Waals surface area contributed by atoms with E-state index in [0.29, 0.717) is 5.92 Å². The van der Waals surface area contributed by atoms with Crippen LogP contribution in [0.3, 0.4) is 0 Å². The van der Waals surface area contributed by atoms with E-state index in [-0.39, 0.29) is 5.82 Å². The van der Waals surface area contributed by atoms with Crippen molar-refractivity contribution in [2.75, 3.05) is 26.2 Å². The summed E-state index contributed by atoms with van der Waals surface area (Å²) in [4.78, 5) is 2.48. The molecule has 17 heavy (non-hydrogen) atoms. The number of likely N-dealkylation sites (tertiary alicyclic amines) is 1. The van der Waals surface area contributed by atoms with Crippen molar-refractivity contribution < 1.29 is 4.39 Å². The minimum atomic E-state index is -0.157. The molecule has 1 aromatic rings. The summed E-state index contributed by atoms with van der Waals surface area (Å²) < 4.78 is 12.8. The maximum absolute atomic E-state index is 12.8. The van der Waals surface area contributed by atoms with Gasteiger partial charge in [-0.15, -0.1) is 0 Å². The Kier molecular flexibility index (Phi) is 4.51. The lowest BCUT2D eigenvalue weighted by molar-refractivity contribution is 0.180. The van der Waals surface area contributed by atoms with Crippen LogP contribution in [-0.4, -0.2) is 31.1 Å². The van der Waals surface area contributed by atoms with Crippen LogP contribution in [0.4, 0.5) is 4.39 Å². The zero-order chi connectivity index (χ0) is 12.1. The third kappa shape index (κ3) is 3.79. The molecule has 2 nitrogen and oxygen atoms in total. The lowest BCUT2D eigenvalue weighted by Crippen LogP contribution is -2.39. The second kappa shape index (κ2) is 6.12. The molecule has 0 aliphatic carbocycles. The average molecular weight is 236 g/mol. The summed E-state index contributed by atoms with van der Waals surface area (Å²) in [5.74, 6) is 0.506. The quantitative estimate of drug-likeness (QED) is 0.867. The van der Waals surface area contributed by atoms with E-state index in [2.05, 4.69) is 4.90 Å². The van der Waals surface area contributed by atoms with Crippen molar-refractivity contribution in [2.24, 2.45) is 11.7 Å². The molecule has 1 atom stereocenters. The smallest absolute Gasteiger partial charge is 0.123 e. The Hall–Kier alpha value is -0.930. The van der Waals surface area contributed by atoms with E-state index in [4.69, 9.17) is 5.73 Å². The van der Waals surface area contributed by atoms with Gasteiger partial charge < -0.3 is 10.6 Å². The van der Waals surface area contributed by atoms with Gasteiger partial charge in [-0.3, -0.25) is 0 Å². The number of halogens is 1. The molecule has 0 spiro atoms. The maximum Gasteiger partial charge on any atom is 0.123 e. The summed E-state index contributed by atoms with van der Waals surface area (Å²) in [7, 11) is 0. The largest absolute Gasteiger partial charge is 0.330 e. The Morgan fingerprint density at radius 3 is 2.76 bits per heavy atom. The normalized spacial score (nSPS) is 21.6. The predicted octanol–water partition coefficient (Wildman–Crippen LogP) is 2.04. The second-order valence-corrected chi connectivity index (χ2v) is 4.92. The molecule has 94 valence electrons. The van der Waals surface area contributed by atoms with Crippen LogP contribution in [0.5, 0.6) is 0 Å². The molecule has 0 bridgehead atoms. The lowest BCUT2D eigenvalue weighted by atomic mass is 9.98. The number of nitrogens with zero attached hydrogens (tertiary/aromatic N) is 1. The SMILES string of the molecule is NC[C@H]1CCCN(CCc2ccc(F)cc2)C1. The Bertz CT molecular complexity index is 337. The highest BCUT2D eigenvalue weighted by Crippen LogP contribution is 2.15. The average Bonchev–Trinajstić information content (AvgIpc) is 2.38. The number of hydrogen-bond acceptors (Lipinski definition) is 2. The molecule has 0 aromatic heterocycles. The third-order valence-corrected chi connectivity index (χ3v) is 3.57. The highest BCUT2D eigenvalue weighted by molar-refractivity contribution is 5.16. The van der Waals surface area contributed by atoms with E-state index in [1.54, 1.807) is 0 Å². The molecule has 2 rings (SSSR count). The fraction of sp³-hybridized carbons (Fsp3) is 0.571. The first-order valence-corrected chi connectivity index (χ1v) is 6.45. The number of nitrogens with two attached hydrogens (primary N) is 1. The van der Waals surface area contributed by atoms with E-state index in [1.807, 2.05) is 12.1 Å². The summed E-state index contributed by atoms with van der Waals surface area (Å²) in [5.41, 5.74) is 6.93. The van der Waals surface area contributed by atoms with Gasteiger partial charge in [0.2, 0.25) is 0 Å². The van der Waals surface area contributed by atoms with Crippen molar-refractivity contribution in [3.8, 4) is 0 Å². The molecule has 1 heterocycles. The van der Waals surface area contributed by atoms with Gasteiger partial charge in [0.05, 0.1) is 0 Å². The van der Waals surface area contributed by atoms with Crippen LogP contribution in [0, 0.1) is 11.7 Å². The first-order chi connectivity index (χ1) is 8.28. The zero-order valence-electron chi connectivity index (χ0n) is 10.2. The van der Waals surface area contributed by atoms with Gasteiger partial charge in [-0.2, -0.15) is 0 Å². The van der Waals surface area contributed by atoms with Crippen LogP contribution in [0.15, 0.2) is 24.3 Å². The van der Waals surface area contributed by atoms with Gasteiger partial charge in [0.15, 0.2) is 0 Å². The van der Waals surface area contributed by atoms with Gasteiger partial charge in [0.1, 0.15) is 5.82 Å². The number of benzene rings is 1. The summed E-state index contributed by atoms with van der Waals surface area (Å²) in [5, 5.41) is 0. The van der Waals surface area contributed by atoms with E-state index in [0.717, 1.165) is 26.1 Å². The highest BCUT2D eigenvalue weighted by atomic mass is 19.1. The molecule has 0 saturated carbocycles. The molecule has 0 amide bonds. The lowest BCUT2D eigenvalue weighted by Gasteiger charge is -2.32. The van der Waals surface area contributed by atoms with Crippen molar-refractivity contribution in [1.82, 2.24) is 4.90 Å². The Morgan fingerprint density at radius 1 is 1.29 bits per heavy atom. The maximum atomic E-state index is 12.8. The van der Waals surface area contributed by atoms with Gasteiger partial charge in [-0.05, 0) is 56.0 Å². The van der Waals surface area contributed by atoms with Crippen LogP contribution in [0.1, 0.15) is 18.4 Å². The first-order valence-electron chi connectivity index (χ1n) is 6.45. The molecule has 1 fully saturated rings. The fourth-order valence-electron chi connectivity index (χ4n) is 2.49. The van der Waals surface area contributed by atoms with Crippen molar-refractivity contribution in [2.45, 2.75) is 19.3 Å². The van der Waals surface area contributed by atoms with Crippen molar-refractivity contribution in [1.29, 1.82) is 0 Å². The van der Waals surface area contributed by atoms with Crippen LogP contribution in [0.25, 0.3) is 0 Å². The van der Waals surface area contributed by atoms with Gasteiger partial charge in [0.25, 0.3) is 0 Å². The van der Waals surface area contributed by atoms with Crippen LogP contribution >= 0.6 is 0 Å². The minimum absolute atomic E-state index is 0.157. The van der Waals surface area contributed by atoms with Crippen molar-refractivity contribution in [3.05, 3.63) is 35.6 Å². The Labute approximate surface area is 103 Å². The number of rotatable bonds is 4. The minimum Gasteiger partial charge on any atom is -0.330 e. The molecule has 1 aromatic carbocycles. The predicted molar refractivity (Wildman–Crippen MR) is 68.3 cm³/mol. The van der Waals surface area contributed by atoms with Crippen LogP contribution < -0.4 is 5.73 Å². The summed E-state index contributed by atoms with van der Waals surface area (Å²) in [6.45, 7) is 4.16. The van der Waals surface area contributed by atoms with E-state index >= 15 is 0 Å². The molecule has 1 aliphatic heterocycles. The van der Waals surface area contributed by atoms with Gasteiger partial charge in [-0.25, -0.2) is 4.39 Å². The molecule has 1 saturated heterocycles. The summed E-state index contributed by atoms with van der Waals surface area (Å²) >= 11 is 0. The van der Waals surface area contributed by atoms with Gasteiger partial charge in [0, 0.05) is 13.1 Å². The molecule has 2 N–H and O–H groups in total. The molecule has 0 unspecified atom stereocenters. The van der Waals surface area contributed by atoms with E-state index in [1.165, 1.54) is 37.1 Å². The Morgan fingerprint density at radius 2 is 2.06 bits per heavy atom. The van der Waals surface area contributed by atoms with Crippen molar-refractivity contribution in [3.63, 3.8) is 0 Å². The fourth-order valence-corrected chi connectivity index (χ4v) is 2.49. The summed E-state index contributed by atoms with van der Waals surface area (Å²) in [6.07, 6.45) is 3.52. The number of piperidine rings is 1. The van der Waals surface area contributed by atoms with Crippen molar-refractivity contribution >= 4 is 0 Å². The first kappa shape index (κ1) is 12.5. The van der Waals surface area contributed by atoms with Gasteiger partial charge >= 0.3 is 0 Å². The third-order valence-electron chi connectivity index (χ3n) is 3.57. The van der Waals surface area contributed by atoms with E-state index in [9.17, 15) is 4.39 Å². The molecular formula is C14H21FN2. The topological polar surface area (TPSA) is 29.3 Å². The Balaban J connectivity index is 1.79. The second-order valence-electron chi connectivity index (χ2n) is 4.92. The molecule has 3 heteroatoms. The molecular weight excluding hydrogens is 215 g/mol. The number of hydrogen-bond donors (Lipinski definition) is 1. The summed E-state index contributed by atoms with van der Waals surface area (Å²) in [6, 6.07) is 6.82. The highest BCUT2D eigenvalue weighted by Gasteiger charge is 2.17. The van der Waals surface area contributed by atoms with E-state index < -0.39 is 0 Å². The van der Waals surface area contributed by atoms with Gasteiger partial charge in [-0.1, -0.05) is 12.1 Å². The van der Waals surface area contributed by atoms with Crippen LogP contribution in [-0.2, 0) is 6.42 Å². The standard InChI is InChI=1S/C14H21FN2/c15-14-5-3-12(4-6-14)7-9-17-8-1-2-13(10-16)11-17/h3-6,13H,1-2,7-11,16H2/t13-/m1/s1. The molecule has 1 aliphatic rings. The van der Waals surface area contributed by atoms with Crippen LogP contribution in [0.2, 0.25) is 0 Å². The molecule has 0 radical (unpaired) electrons. The zero-order valence-corrected chi connectivity index (χ0v) is 10.2.